The summed E-state index contributed by atoms with van der Waals surface area (Å²) in [5.41, 5.74) is 0. The van der Waals surface area contributed by atoms with Crippen LogP contribution in [0.3, 0.4) is 0 Å². The van der Waals surface area contributed by atoms with Crippen LogP contribution in [0.1, 0.15) is 6.92 Å². The Kier molecular flexibility index (Phi) is 4.88. The van der Waals surface area contributed by atoms with Crippen molar-refractivity contribution in [2.24, 2.45) is 0 Å². The number of methoxy groups -OCH3 is 2. The predicted octanol–water partition coefficient (Wildman–Crippen LogP) is 1.75. The second-order valence-electron chi connectivity index (χ2n) is 3.07. The van der Waals surface area contributed by atoms with Crippen molar-refractivity contribution in [1.29, 1.82) is 0 Å². The molecule has 90 valence electrons. The zero-order valence-electron chi connectivity index (χ0n) is 9.60. The third-order valence-electron chi connectivity index (χ3n) is 2.02. The van der Waals surface area contributed by atoms with Gasteiger partial charge in [0.15, 0.2) is 24.6 Å². The van der Waals surface area contributed by atoms with Gasteiger partial charge in [-0.3, -0.25) is 0 Å². The normalized spacial score (nSPS) is 12.2. The van der Waals surface area contributed by atoms with Crippen molar-refractivity contribution in [2.45, 2.75) is 13.2 Å². The maximum absolute atomic E-state index is 9.49. The highest BCUT2D eigenvalue weighted by atomic mass is 16.7. The molecule has 0 fully saturated rings. The molecule has 16 heavy (non-hydrogen) atoms. The summed E-state index contributed by atoms with van der Waals surface area (Å²) in [6.07, 6.45) is -0.354. The molecule has 1 aromatic rings. The summed E-state index contributed by atoms with van der Waals surface area (Å²) in [5.74, 6) is 0.949. The molecule has 0 radical (unpaired) electrons. The van der Waals surface area contributed by atoms with Gasteiger partial charge >= 0.3 is 0 Å². The fourth-order valence-corrected chi connectivity index (χ4v) is 0.998. The van der Waals surface area contributed by atoms with Crippen LogP contribution in [0.15, 0.2) is 18.2 Å². The number of benzene rings is 1. The second-order valence-corrected chi connectivity index (χ2v) is 3.07. The molecule has 0 aliphatic rings. The standard InChI is InChI=1S/C11H16O5/c1-8(13-2)15-7-16-11-6-9(14-3)4-5-10(11)12/h4-6,8,12H,7H2,1-3H3. The highest BCUT2D eigenvalue weighted by Gasteiger charge is 2.05. The zero-order valence-corrected chi connectivity index (χ0v) is 9.60. The third-order valence-corrected chi connectivity index (χ3v) is 2.02. The molecule has 1 rings (SSSR count). The first kappa shape index (κ1) is 12.6. The average Bonchev–Trinajstić information content (AvgIpc) is 2.31. The summed E-state index contributed by atoms with van der Waals surface area (Å²) < 4.78 is 20.2. The third kappa shape index (κ3) is 3.60. The second kappa shape index (κ2) is 6.19. The molecule has 0 aliphatic heterocycles. The van der Waals surface area contributed by atoms with Crippen LogP contribution >= 0.6 is 0 Å². The molecule has 1 N–H and O–H groups in total. The SMILES string of the molecule is COc1ccc(O)c(OCOC(C)OC)c1. The molecule has 0 saturated heterocycles. The molecule has 1 aromatic carbocycles. The number of hydrogen-bond acceptors (Lipinski definition) is 5. The van der Waals surface area contributed by atoms with Crippen molar-refractivity contribution in [2.75, 3.05) is 21.0 Å². The molecule has 0 aromatic heterocycles. The lowest BCUT2D eigenvalue weighted by Gasteiger charge is -2.13. The molecule has 0 bridgehead atoms. The fourth-order valence-electron chi connectivity index (χ4n) is 0.998. The van der Waals surface area contributed by atoms with Crippen LogP contribution in [-0.2, 0) is 9.47 Å². The number of phenols is 1. The van der Waals surface area contributed by atoms with Crippen LogP contribution in [0.25, 0.3) is 0 Å². The highest BCUT2D eigenvalue weighted by Crippen LogP contribution is 2.30. The summed E-state index contributed by atoms with van der Waals surface area (Å²) >= 11 is 0. The van der Waals surface area contributed by atoms with E-state index in [-0.39, 0.29) is 18.8 Å². The summed E-state index contributed by atoms with van der Waals surface area (Å²) in [4.78, 5) is 0. The number of phenolic OH excluding ortho intramolecular Hbond substituents is 1. The Bertz CT molecular complexity index is 326. The van der Waals surface area contributed by atoms with Gasteiger partial charge in [-0.1, -0.05) is 0 Å². The number of aromatic hydroxyl groups is 1. The van der Waals surface area contributed by atoms with Gasteiger partial charge in [-0.25, -0.2) is 0 Å². The molecular formula is C11H16O5. The molecule has 0 amide bonds. The minimum absolute atomic E-state index is 0.00423. The molecule has 0 aliphatic carbocycles. The van der Waals surface area contributed by atoms with Crippen molar-refractivity contribution in [3.8, 4) is 17.2 Å². The predicted molar refractivity (Wildman–Crippen MR) is 57.7 cm³/mol. The maximum Gasteiger partial charge on any atom is 0.192 e. The lowest BCUT2D eigenvalue weighted by Crippen LogP contribution is -2.14. The maximum atomic E-state index is 9.49. The van der Waals surface area contributed by atoms with E-state index < -0.39 is 0 Å². The monoisotopic (exact) mass is 228 g/mol. The van der Waals surface area contributed by atoms with Crippen molar-refractivity contribution < 1.29 is 24.1 Å². The van der Waals surface area contributed by atoms with Gasteiger partial charge in [-0.15, -0.1) is 0 Å². The van der Waals surface area contributed by atoms with Gasteiger partial charge in [-0.2, -0.15) is 0 Å². The Morgan fingerprint density at radius 3 is 2.69 bits per heavy atom. The quantitative estimate of drug-likeness (QED) is 0.752. The molecule has 1 atom stereocenters. The van der Waals surface area contributed by atoms with Gasteiger partial charge in [0.2, 0.25) is 0 Å². The van der Waals surface area contributed by atoms with Crippen LogP contribution in [0, 0.1) is 0 Å². The smallest absolute Gasteiger partial charge is 0.192 e. The van der Waals surface area contributed by atoms with Crippen molar-refractivity contribution >= 4 is 0 Å². The van der Waals surface area contributed by atoms with Gasteiger partial charge in [0.05, 0.1) is 7.11 Å². The minimum atomic E-state index is -0.354. The van der Waals surface area contributed by atoms with Crippen LogP contribution in [0.5, 0.6) is 17.2 Å². The van der Waals surface area contributed by atoms with E-state index in [4.69, 9.17) is 18.9 Å². The zero-order chi connectivity index (χ0) is 12.0. The first-order valence-corrected chi connectivity index (χ1v) is 4.81. The van der Waals surface area contributed by atoms with Crippen LogP contribution < -0.4 is 9.47 Å². The molecule has 0 saturated carbocycles. The molecule has 5 nitrogen and oxygen atoms in total. The van der Waals surface area contributed by atoms with E-state index in [1.165, 1.54) is 13.2 Å². The van der Waals surface area contributed by atoms with Crippen LogP contribution in [-0.4, -0.2) is 32.4 Å². The number of ether oxygens (including phenoxy) is 4. The topological polar surface area (TPSA) is 57.2 Å². The molecule has 1 unspecified atom stereocenters. The molecule has 5 heteroatoms. The Morgan fingerprint density at radius 1 is 1.31 bits per heavy atom. The Hall–Kier alpha value is -1.46. The summed E-state index contributed by atoms with van der Waals surface area (Å²) in [5, 5.41) is 9.49. The van der Waals surface area contributed by atoms with Gasteiger partial charge in [0.1, 0.15) is 5.75 Å². The van der Waals surface area contributed by atoms with Gasteiger partial charge in [-0.05, 0) is 19.1 Å². The lowest BCUT2D eigenvalue weighted by molar-refractivity contribution is -0.149. The minimum Gasteiger partial charge on any atom is -0.504 e. The summed E-state index contributed by atoms with van der Waals surface area (Å²) in [6, 6.07) is 4.71. The largest absolute Gasteiger partial charge is 0.504 e. The average molecular weight is 228 g/mol. The fraction of sp³-hybridized carbons (Fsp3) is 0.455. The van der Waals surface area contributed by atoms with Crippen LogP contribution in [0.4, 0.5) is 0 Å². The van der Waals surface area contributed by atoms with E-state index in [9.17, 15) is 5.11 Å². The van der Waals surface area contributed by atoms with Gasteiger partial charge < -0.3 is 24.1 Å². The van der Waals surface area contributed by atoms with E-state index in [1.54, 1.807) is 26.2 Å². The molecule has 0 spiro atoms. The van der Waals surface area contributed by atoms with E-state index in [1.807, 2.05) is 0 Å². The number of rotatable bonds is 6. The molecule has 0 heterocycles. The van der Waals surface area contributed by atoms with E-state index in [2.05, 4.69) is 0 Å². The van der Waals surface area contributed by atoms with Crippen molar-refractivity contribution in [3.63, 3.8) is 0 Å². The number of hydrogen-bond donors (Lipinski definition) is 1. The van der Waals surface area contributed by atoms with E-state index >= 15 is 0 Å². The van der Waals surface area contributed by atoms with E-state index in [0.29, 0.717) is 11.5 Å². The Balaban J connectivity index is 2.52. The van der Waals surface area contributed by atoms with Crippen LogP contribution in [0.2, 0.25) is 0 Å². The lowest BCUT2D eigenvalue weighted by atomic mass is 10.3. The van der Waals surface area contributed by atoms with E-state index in [0.717, 1.165) is 0 Å². The first-order valence-electron chi connectivity index (χ1n) is 4.81. The highest BCUT2D eigenvalue weighted by molar-refractivity contribution is 5.44. The first-order chi connectivity index (χ1) is 7.67. The van der Waals surface area contributed by atoms with Crippen molar-refractivity contribution in [3.05, 3.63) is 18.2 Å². The summed E-state index contributed by atoms with van der Waals surface area (Å²) in [6.45, 7) is 1.74. The molecular weight excluding hydrogens is 212 g/mol. The van der Waals surface area contributed by atoms with Gasteiger partial charge in [0.25, 0.3) is 0 Å². The van der Waals surface area contributed by atoms with Gasteiger partial charge in [0, 0.05) is 13.2 Å². The Morgan fingerprint density at radius 2 is 2.06 bits per heavy atom. The van der Waals surface area contributed by atoms with Crippen molar-refractivity contribution in [1.82, 2.24) is 0 Å². The summed E-state index contributed by atoms with van der Waals surface area (Å²) in [7, 11) is 3.08. The Labute approximate surface area is 94.5 Å².